The van der Waals surface area contributed by atoms with Gasteiger partial charge in [-0.3, -0.25) is 0 Å². The van der Waals surface area contributed by atoms with Crippen LogP contribution in [-0.2, 0) is 0 Å². The van der Waals surface area contributed by atoms with E-state index in [1.807, 2.05) is 0 Å². The smallest absolute Gasteiger partial charge is 0.360 e. The number of hydrogen-bond acceptors (Lipinski definition) is 4. The van der Waals surface area contributed by atoms with Crippen molar-refractivity contribution in [2.24, 2.45) is 0 Å². The molecule has 0 aliphatic heterocycles. The van der Waals surface area contributed by atoms with E-state index in [1.54, 1.807) is 24.3 Å². The number of halogens is 1. The third-order valence-corrected chi connectivity index (χ3v) is 2.11. The zero-order valence-electron chi connectivity index (χ0n) is 7.94. The first-order chi connectivity index (χ1) is 7.66. The molecule has 2 aromatic rings. The summed E-state index contributed by atoms with van der Waals surface area (Å²) in [5.74, 6) is -0.986. The monoisotopic (exact) mass is 238 g/mol. The SMILES string of the molecule is O=C(O)c1n[nH]nc1Nc1ccc(Cl)cc1. The first-order valence-corrected chi connectivity index (χ1v) is 4.71. The quantitative estimate of drug-likeness (QED) is 0.760. The van der Waals surface area contributed by atoms with Crippen molar-refractivity contribution in [3.8, 4) is 0 Å². The summed E-state index contributed by atoms with van der Waals surface area (Å²) in [6.45, 7) is 0. The van der Waals surface area contributed by atoms with Crippen LogP contribution in [0.4, 0.5) is 11.5 Å². The molecular weight excluding hydrogens is 232 g/mol. The minimum Gasteiger partial charge on any atom is -0.476 e. The number of carbonyl (C=O) groups is 1. The van der Waals surface area contributed by atoms with E-state index < -0.39 is 5.97 Å². The highest BCUT2D eigenvalue weighted by molar-refractivity contribution is 6.30. The molecular formula is C9H7ClN4O2. The number of nitrogens with one attached hydrogen (secondary N) is 2. The summed E-state index contributed by atoms with van der Waals surface area (Å²) in [5, 5.41) is 21.7. The summed E-state index contributed by atoms with van der Waals surface area (Å²) in [6, 6.07) is 6.79. The average Bonchev–Trinajstić information content (AvgIpc) is 2.69. The van der Waals surface area contributed by atoms with Gasteiger partial charge in [0.1, 0.15) is 0 Å². The predicted octanol–water partition coefficient (Wildman–Crippen LogP) is 1.90. The minimum atomic E-state index is -1.15. The number of benzene rings is 1. The van der Waals surface area contributed by atoms with E-state index in [0.717, 1.165) is 0 Å². The van der Waals surface area contributed by atoms with Crippen molar-refractivity contribution in [1.82, 2.24) is 15.4 Å². The number of carboxylic acids is 1. The molecule has 1 heterocycles. The Morgan fingerprint density at radius 3 is 2.62 bits per heavy atom. The molecule has 2 rings (SSSR count). The molecule has 0 spiro atoms. The molecule has 16 heavy (non-hydrogen) atoms. The molecule has 3 N–H and O–H groups in total. The van der Waals surface area contributed by atoms with Gasteiger partial charge in [-0.15, -0.1) is 10.2 Å². The van der Waals surface area contributed by atoms with Gasteiger partial charge in [0.25, 0.3) is 0 Å². The molecule has 0 unspecified atom stereocenters. The second-order valence-corrected chi connectivity index (χ2v) is 3.39. The van der Waals surface area contributed by atoms with Crippen LogP contribution in [0, 0.1) is 0 Å². The highest BCUT2D eigenvalue weighted by atomic mass is 35.5. The average molecular weight is 239 g/mol. The molecule has 0 aliphatic rings. The highest BCUT2D eigenvalue weighted by Crippen LogP contribution is 2.18. The molecule has 6 nitrogen and oxygen atoms in total. The fraction of sp³-hybridized carbons (Fsp3) is 0. The second kappa shape index (κ2) is 4.19. The number of carboxylic acid groups (broad SMARTS) is 1. The molecule has 7 heteroatoms. The Labute approximate surface area is 95.2 Å². The lowest BCUT2D eigenvalue weighted by molar-refractivity contribution is 0.0691. The maximum absolute atomic E-state index is 10.7. The summed E-state index contributed by atoms with van der Waals surface area (Å²) in [4.78, 5) is 10.7. The summed E-state index contributed by atoms with van der Waals surface area (Å²) in [6.07, 6.45) is 0. The van der Waals surface area contributed by atoms with E-state index >= 15 is 0 Å². The van der Waals surface area contributed by atoms with Gasteiger partial charge < -0.3 is 10.4 Å². The van der Waals surface area contributed by atoms with Gasteiger partial charge in [-0.1, -0.05) is 11.6 Å². The van der Waals surface area contributed by atoms with Crippen LogP contribution in [0.5, 0.6) is 0 Å². The number of hydrogen-bond donors (Lipinski definition) is 3. The lowest BCUT2D eigenvalue weighted by Gasteiger charge is -2.02. The summed E-state index contributed by atoms with van der Waals surface area (Å²) < 4.78 is 0. The van der Waals surface area contributed by atoms with Crippen LogP contribution in [0.25, 0.3) is 0 Å². The normalized spacial score (nSPS) is 10.1. The van der Waals surface area contributed by atoms with Crippen LogP contribution in [-0.4, -0.2) is 26.5 Å². The number of anilines is 2. The zero-order valence-corrected chi connectivity index (χ0v) is 8.69. The molecule has 0 radical (unpaired) electrons. The Kier molecular flexibility index (Phi) is 2.74. The maximum atomic E-state index is 10.7. The fourth-order valence-electron chi connectivity index (χ4n) is 1.14. The second-order valence-electron chi connectivity index (χ2n) is 2.96. The molecule has 0 fully saturated rings. The number of rotatable bonds is 3. The lowest BCUT2D eigenvalue weighted by Crippen LogP contribution is -2.02. The molecule has 0 atom stereocenters. The van der Waals surface area contributed by atoms with Crippen LogP contribution < -0.4 is 5.32 Å². The van der Waals surface area contributed by atoms with E-state index in [2.05, 4.69) is 20.7 Å². The van der Waals surface area contributed by atoms with E-state index in [0.29, 0.717) is 10.7 Å². The van der Waals surface area contributed by atoms with Gasteiger partial charge in [-0.2, -0.15) is 5.21 Å². The third kappa shape index (κ3) is 2.12. The van der Waals surface area contributed by atoms with Crippen molar-refractivity contribution in [3.05, 3.63) is 35.0 Å². The Balaban J connectivity index is 2.23. The summed E-state index contributed by atoms with van der Waals surface area (Å²) in [7, 11) is 0. The van der Waals surface area contributed by atoms with E-state index in [-0.39, 0.29) is 11.5 Å². The summed E-state index contributed by atoms with van der Waals surface area (Å²) in [5.41, 5.74) is 0.524. The van der Waals surface area contributed by atoms with E-state index in [4.69, 9.17) is 16.7 Å². The van der Waals surface area contributed by atoms with Crippen molar-refractivity contribution in [2.45, 2.75) is 0 Å². The highest BCUT2D eigenvalue weighted by Gasteiger charge is 2.14. The van der Waals surface area contributed by atoms with E-state index in [9.17, 15) is 4.79 Å². The maximum Gasteiger partial charge on any atom is 0.360 e. The lowest BCUT2D eigenvalue weighted by atomic mass is 10.3. The van der Waals surface area contributed by atoms with Crippen LogP contribution >= 0.6 is 11.6 Å². The van der Waals surface area contributed by atoms with Crippen molar-refractivity contribution in [3.63, 3.8) is 0 Å². The number of H-pyrrole nitrogens is 1. The predicted molar refractivity (Wildman–Crippen MR) is 58.1 cm³/mol. The van der Waals surface area contributed by atoms with Crippen molar-refractivity contribution >= 4 is 29.1 Å². The molecule has 82 valence electrons. The van der Waals surface area contributed by atoms with Crippen LogP contribution in [0.2, 0.25) is 5.02 Å². The van der Waals surface area contributed by atoms with Crippen molar-refractivity contribution in [1.29, 1.82) is 0 Å². The molecule has 0 bridgehead atoms. The van der Waals surface area contributed by atoms with Gasteiger partial charge in [0, 0.05) is 10.7 Å². The Hall–Kier alpha value is -2.08. The van der Waals surface area contributed by atoms with Crippen molar-refractivity contribution in [2.75, 3.05) is 5.32 Å². The number of nitrogens with zero attached hydrogens (tertiary/aromatic N) is 2. The number of aromatic amines is 1. The largest absolute Gasteiger partial charge is 0.476 e. The minimum absolute atomic E-state index is 0.157. The number of aromatic carboxylic acids is 1. The van der Waals surface area contributed by atoms with Gasteiger partial charge in [0.15, 0.2) is 5.82 Å². The first kappa shape index (κ1) is 10.4. The first-order valence-electron chi connectivity index (χ1n) is 4.33. The Morgan fingerprint density at radius 1 is 1.31 bits per heavy atom. The molecule has 0 saturated heterocycles. The van der Waals surface area contributed by atoms with E-state index in [1.165, 1.54) is 0 Å². The van der Waals surface area contributed by atoms with Crippen LogP contribution in [0.15, 0.2) is 24.3 Å². The fourth-order valence-corrected chi connectivity index (χ4v) is 1.26. The molecule has 0 amide bonds. The summed E-state index contributed by atoms with van der Waals surface area (Å²) >= 11 is 5.72. The standard InChI is InChI=1S/C9H7ClN4O2/c10-5-1-3-6(4-2-5)11-8-7(9(15)16)12-14-13-8/h1-4H,(H,15,16)(H2,11,12,13,14). The number of aromatic nitrogens is 3. The van der Waals surface area contributed by atoms with Gasteiger partial charge >= 0.3 is 5.97 Å². The molecule has 1 aromatic carbocycles. The van der Waals surface area contributed by atoms with Gasteiger partial charge in [-0.05, 0) is 24.3 Å². The van der Waals surface area contributed by atoms with Gasteiger partial charge in [0.05, 0.1) is 0 Å². The van der Waals surface area contributed by atoms with Crippen molar-refractivity contribution < 1.29 is 9.90 Å². The molecule has 0 saturated carbocycles. The molecule has 1 aromatic heterocycles. The molecule has 0 aliphatic carbocycles. The topological polar surface area (TPSA) is 90.9 Å². The Bertz CT molecular complexity index is 508. The van der Waals surface area contributed by atoms with Crippen LogP contribution in [0.3, 0.4) is 0 Å². The Morgan fingerprint density at radius 2 is 2.00 bits per heavy atom. The third-order valence-electron chi connectivity index (χ3n) is 1.86. The van der Waals surface area contributed by atoms with Crippen LogP contribution in [0.1, 0.15) is 10.5 Å². The van der Waals surface area contributed by atoms with Gasteiger partial charge in [0.2, 0.25) is 5.69 Å². The van der Waals surface area contributed by atoms with Gasteiger partial charge in [-0.25, -0.2) is 4.79 Å². The zero-order chi connectivity index (χ0) is 11.5.